The maximum atomic E-state index is 5.14. The molecular weight excluding hydrogens is 469 g/mol. The van der Waals surface area contributed by atoms with Crippen LogP contribution in [0.1, 0.15) is 51.2 Å². The molecule has 1 fully saturated rings. The van der Waals surface area contributed by atoms with Gasteiger partial charge < -0.3 is 15.4 Å². The summed E-state index contributed by atoms with van der Waals surface area (Å²) in [4.78, 5) is 11.9. The minimum Gasteiger partial charge on any atom is -0.377 e. The van der Waals surface area contributed by atoms with Crippen molar-refractivity contribution in [1.82, 2.24) is 30.3 Å². The van der Waals surface area contributed by atoms with Gasteiger partial charge in [0, 0.05) is 38.7 Å². The standard InChI is InChI=1S/C19H35N7O.HI/c1-4-20-19(21-10-12-25-11-6-5-7-15(25)2)22-16-8-9-18-23-17(14-27-3)24-26(18)13-16;/h15-16H,4-14H2,1-3H3,(H2,20,21,22);1H. The number of fused-ring (bicyclic) bond motifs is 1. The van der Waals surface area contributed by atoms with Crippen molar-refractivity contribution in [2.45, 2.75) is 71.2 Å². The van der Waals surface area contributed by atoms with Crippen LogP contribution in [0.5, 0.6) is 0 Å². The van der Waals surface area contributed by atoms with Gasteiger partial charge in [-0.15, -0.1) is 24.0 Å². The molecule has 2 N–H and O–H groups in total. The van der Waals surface area contributed by atoms with E-state index in [0.29, 0.717) is 18.7 Å². The first-order valence-electron chi connectivity index (χ1n) is 10.4. The molecule has 8 nitrogen and oxygen atoms in total. The number of likely N-dealkylation sites (tertiary alicyclic amines) is 1. The summed E-state index contributed by atoms with van der Waals surface area (Å²) in [7, 11) is 1.67. The van der Waals surface area contributed by atoms with E-state index in [9.17, 15) is 0 Å². The number of ether oxygens (including phenoxy) is 1. The molecule has 1 saturated heterocycles. The number of hydrogen-bond donors (Lipinski definition) is 2. The molecule has 0 saturated carbocycles. The number of aliphatic imine (C=N–C) groups is 1. The molecule has 0 amide bonds. The highest BCUT2D eigenvalue weighted by Gasteiger charge is 2.22. The predicted molar refractivity (Wildman–Crippen MR) is 122 cm³/mol. The molecule has 2 unspecified atom stereocenters. The maximum Gasteiger partial charge on any atom is 0.191 e. The van der Waals surface area contributed by atoms with Crippen LogP contribution < -0.4 is 10.6 Å². The smallest absolute Gasteiger partial charge is 0.191 e. The molecule has 2 atom stereocenters. The highest BCUT2D eigenvalue weighted by atomic mass is 127. The molecule has 1 aromatic heterocycles. The van der Waals surface area contributed by atoms with Crippen molar-refractivity contribution in [3.05, 3.63) is 11.6 Å². The molecule has 28 heavy (non-hydrogen) atoms. The topological polar surface area (TPSA) is 79.6 Å². The number of piperidine rings is 1. The molecule has 0 radical (unpaired) electrons. The molecule has 2 aliphatic heterocycles. The van der Waals surface area contributed by atoms with E-state index >= 15 is 0 Å². The number of guanidine groups is 1. The van der Waals surface area contributed by atoms with Gasteiger partial charge in [-0.25, -0.2) is 9.67 Å². The Kier molecular flexibility index (Phi) is 9.93. The molecule has 0 bridgehead atoms. The Morgan fingerprint density at radius 1 is 1.32 bits per heavy atom. The quantitative estimate of drug-likeness (QED) is 0.334. The van der Waals surface area contributed by atoms with E-state index in [1.54, 1.807) is 7.11 Å². The molecule has 3 heterocycles. The van der Waals surface area contributed by atoms with Crippen molar-refractivity contribution in [2.24, 2.45) is 4.99 Å². The third-order valence-electron chi connectivity index (χ3n) is 5.46. The Hall–Kier alpha value is -0.940. The fraction of sp³-hybridized carbons (Fsp3) is 0.842. The summed E-state index contributed by atoms with van der Waals surface area (Å²) in [6.45, 7) is 9.68. The summed E-state index contributed by atoms with van der Waals surface area (Å²) < 4.78 is 7.15. The summed E-state index contributed by atoms with van der Waals surface area (Å²) >= 11 is 0. The normalized spacial score (nSPS) is 23.0. The van der Waals surface area contributed by atoms with Crippen LogP contribution in [0.2, 0.25) is 0 Å². The molecule has 3 rings (SSSR count). The largest absolute Gasteiger partial charge is 0.377 e. The lowest BCUT2D eigenvalue weighted by molar-refractivity contribution is 0.166. The Labute approximate surface area is 185 Å². The zero-order chi connectivity index (χ0) is 19.1. The van der Waals surface area contributed by atoms with Gasteiger partial charge in [-0.1, -0.05) is 6.42 Å². The number of aryl methyl sites for hydroxylation is 1. The summed E-state index contributed by atoms with van der Waals surface area (Å²) in [5, 5.41) is 11.5. The number of hydrogen-bond acceptors (Lipinski definition) is 5. The van der Waals surface area contributed by atoms with Crippen LogP contribution in [0, 0.1) is 0 Å². The lowest BCUT2D eigenvalue weighted by Gasteiger charge is -2.32. The van der Waals surface area contributed by atoms with Crippen LogP contribution in [0.25, 0.3) is 0 Å². The number of nitrogens with one attached hydrogen (secondary N) is 2. The van der Waals surface area contributed by atoms with Gasteiger partial charge in [0.1, 0.15) is 12.4 Å². The van der Waals surface area contributed by atoms with E-state index in [1.807, 2.05) is 4.68 Å². The first-order valence-corrected chi connectivity index (χ1v) is 10.4. The van der Waals surface area contributed by atoms with E-state index in [2.05, 4.69) is 39.5 Å². The van der Waals surface area contributed by atoms with Crippen LogP contribution in [0.15, 0.2) is 4.99 Å². The summed E-state index contributed by atoms with van der Waals surface area (Å²) in [6.07, 6.45) is 5.97. The average Bonchev–Trinajstić information content (AvgIpc) is 3.05. The molecule has 1 aromatic rings. The third-order valence-corrected chi connectivity index (χ3v) is 5.46. The Bertz CT molecular complexity index is 621. The number of methoxy groups -OCH3 is 1. The van der Waals surface area contributed by atoms with E-state index in [0.717, 1.165) is 56.6 Å². The van der Waals surface area contributed by atoms with Gasteiger partial charge >= 0.3 is 0 Å². The molecule has 2 aliphatic rings. The zero-order valence-corrected chi connectivity index (χ0v) is 19.8. The van der Waals surface area contributed by atoms with Gasteiger partial charge in [-0.05, 0) is 39.7 Å². The van der Waals surface area contributed by atoms with Crippen LogP contribution in [-0.4, -0.2) is 71.0 Å². The van der Waals surface area contributed by atoms with Crippen molar-refractivity contribution >= 4 is 29.9 Å². The fourth-order valence-electron chi connectivity index (χ4n) is 3.96. The third kappa shape index (κ3) is 6.55. The second-order valence-corrected chi connectivity index (χ2v) is 7.58. The maximum absolute atomic E-state index is 5.14. The fourth-order valence-corrected chi connectivity index (χ4v) is 3.96. The van der Waals surface area contributed by atoms with Gasteiger partial charge in [0.05, 0.1) is 13.1 Å². The minimum atomic E-state index is 0. The highest BCUT2D eigenvalue weighted by molar-refractivity contribution is 14.0. The molecule has 160 valence electrons. The minimum absolute atomic E-state index is 0. The van der Waals surface area contributed by atoms with Gasteiger partial charge in [0.25, 0.3) is 0 Å². The summed E-state index contributed by atoms with van der Waals surface area (Å²) in [5.74, 6) is 2.73. The number of aromatic nitrogens is 3. The van der Waals surface area contributed by atoms with Gasteiger partial charge in [0.2, 0.25) is 0 Å². The predicted octanol–water partition coefficient (Wildman–Crippen LogP) is 1.79. The lowest BCUT2D eigenvalue weighted by atomic mass is 10.0. The van der Waals surface area contributed by atoms with Crippen LogP contribution >= 0.6 is 24.0 Å². The lowest BCUT2D eigenvalue weighted by Crippen LogP contribution is -2.47. The van der Waals surface area contributed by atoms with Crippen molar-refractivity contribution in [3.8, 4) is 0 Å². The van der Waals surface area contributed by atoms with E-state index in [1.165, 1.54) is 25.8 Å². The molecule has 0 spiro atoms. The van der Waals surface area contributed by atoms with Crippen molar-refractivity contribution in [3.63, 3.8) is 0 Å². The van der Waals surface area contributed by atoms with Crippen LogP contribution in [-0.2, 0) is 24.3 Å². The van der Waals surface area contributed by atoms with Crippen LogP contribution in [0.3, 0.4) is 0 Å². The Morgan fingerprint density at radius 2 is 2.18 bits per heavy atom. The second-order valence-electron chi connectivity index (χ2n) is 7.58. The average molecular weight is 505 g/mol. The number of halogens is 1. The van der Waals surface area contributed by atoms with Crippen molar-refractivity contribution in [1.29, 1.82) is 0 Å². The molecule has 0 aliphatic carbocycles. The van der Waals surface area contributed by atoms with E-state index in [-0.39, 0.29) is 24.0 Å². The Morgan fingerprint density at radius 3 is 2.93 bits per heavy atom. The van der Waals surface area contributed by atoms with Gasteiger partial charge in [0.15, 0.2) is 11.8 Å². The molecule has 9 heteroatoms. The highest BCUT2D eigenvalue weighted by Crippen LogP contribution is 2.16. The van der Waals surface area contributed by atoms with E-state index in [4.69, 9.17) is 9.73 Å². The SMILES string of the molecule is CCNC(=NCCN1CCCCC1C)NC1CCc2nc(COC)nn2C1.I. The van der Waals surface area contributed by atoms with Crippen LogP contribution in [0.4, 0.5) is 0 Å². The second kappa shape index (κ2) is 11.9. The first-order chi connectivity index (χ1) is 13.2. The number of nitrogens with zero attached hydrogens (tertiary/aromatic N) is 5. The van der Waals surface area contributed by atoms with Gasteiger partial charge in [-0.3, -0.25) is 9.89 Å². The zero-order valence-electron chi connectivity index (χ0n) is 17.5. The monoisotopic (exact) mass is 505 g/mol. The van der Waals surface area contributed by atoms with Gasteiger partial charge in [-0.2, -0.15) is 5.10 Å². The van der Waals surface area contributed by atoms with Crippen molar-refractivity contribution < 1.29 is 4.74 Å². The molecule has 0 aromatic carbocycles. The Balaban J connectivity index is 0.00000280. The summed E-state index contributed by atoms with van der Waals surface area (Å²) in [5.41, 5.74) is 0. The van der Waals surface area contributed by atoms with E-state index < -0.39 is 0 Å². The summed E-state index contributed by atoms with van der Waals surface area (Å²) in [6, 6.07) is 1.01. The first kappa shape index (κ1) is 23.3. The number of rotatable bonds is 7. The van der Waals surface area contributed by atoms with Crippen molar-refractivity contribution in [2.75, 3.05) is 33.3 Å². The molecular formula is C19H36IN7O.